The first-order chi connectivity index (χ1) is 6.92. The summed E-state index contributed by atoms with van der Waals surface area (Å²) < 4.78 is 27.0. The second-order valence-electron chi connectivity index (χ2n) is 3.35. The van der Waals surface area contributed by atoms with Crippen molar-refractivity contribution in [1.29, 1.82) is 0 Å². The second-order valence-corrected chi connectivity index (χ2v) is 5.61. The molecule has 1 rings (SSSR count). The van der Waals surface area contributed by atoms with Gasteiger partial charge < -0.3 is 9.32 Å². The number of rotatable bonds is 5. The Morgan fingerprint density at radius 1 is 1.47 bits per heavy atom. The molecule has 0 bridgehead atoms. The van der Waals surface area contributed by atoms with Crippen LogP contribution in [0.3, 0.4) is 0 Å². The van der Waals surface area contributed by atoms with Crippen LogP contribution in [0.5, 0.6) is 0 Å². The molecule has 0 atom stereocenters. The smallest absolute Gasteiger partial charge is 0.196 e. The minimum Gasteiger partial charge on any atom is -0.438 e. The average Bonchev–Trinajstić information content (AvgIpc) is 2.61. The molecular weight excluding hydrogens is 218 g/mol. The van der Waals surface area contributed by atoms with E-state index >= 15 is 0 Å². The van der Waals surface area contributed by atoms with Gasteiger partial charge in [-0.3, -0.25) is 4.79 Å². The van der Waals surface area contributed by atoms with Gasteiger partial charge in [0, 0.05) is 25.9 Å². The highest BCUT2D eigenvalue weighted by atomic mass is 32.2. The van der Waals surface area contributed by atoms with Crippen molar-refractivity contribution in [3.8, 4) is 0 Å². The molecule has 0 radical (unpaired) electrons. The van der Waals surface area contributed by atoms with Crippen molar-refractivity contribution in [3.05, 3.63) is 17.9 Å². The van der Waals surface area contributed by atoms with E-state index in [0.29, 0.717) is 18.7 Å². The Balaban J connectivity index is 2.61. The predicted octanol–water partition coefficient (Wildman–Crippen LogP) is 0.573. The summed E-state index contributed by atoms with van der Waals surface area (Å²) in [6.45, 7) is 0.338. The molecule has 0 aliphatic heterocycles. The Labute approximate surface area is 88.6 Å². The molecular formula is C9H13NO4S. The first-order valence-electron chi connectivity index (χ1n) is 4.36. The van der Waals surface area contributed by atoms with Gasteiger partial charge in [0.25, 0.3) is 0 Å². The van der Waals surface area contributed by atoms with Crippen LogP contribution in [-0.2, 0) is 9.84 Å². The molecule has 1 aromatic rings. The fourth-order valence-corrected chi connectivity index (χ4v) is 1.63. The van der Waals surface area contributed by atoms with Crippen LogP contribution in [0.1, 0.15) is 10.6 Å². The minimum atomic E-state index is -2.98. The van der Waals surface area contributed by atoms with Gasteiger partial charge in [0.05, 0.1) is 5.75 Å². The molecule has 0 N–H and O–H groups in total. The topological polar surface area (TPSA) is 67.6 Å². The van der Waals surface area contributed by atoms with E-state index in [9.17, 15) is 13.2 Å². The van der Waals surface area contributed by atoms with E-state index in [4.69, 9.17) is 4.42 Å². The molecule has 1 aromatic heterocycles. The number of nitrogens with zero attached hydrogens (tertiary/aromatic N) is 1. The van der Waals surface area contributed by atoms with Gasteiger partial charge >= 0.3 is 0 Å². The highest BCUT2D eigenvalue weighted by Gasteiger charge is 2.09. The number of hydrogen-bond donors (Lipinski definition) is 0. The summed E-state index contributed by atoms with van der Waals surface area (Å²) in [5, 5.41) is 0. The summed E-state index contributed by atoms with van der Waals surface area (Å²) in [7, 11) is -1.27. The van der Waals surface area contributed by atoms with Crippen molar-refractivity contribution in [2.45, 2.75) is 0 Å². The average molecular weight is 231 g/mol. The molecule has 5 nitrogen and oxygen atoms in total. The standard InChI is InChI=1S/C9H13NO4S/c1-10(5-6-15(2,12)13)9-4-3-8(7-11)14-9/h3-4,7H,5-6H2,1-2H3. The number of carbonyl (C=O) groups excluding carboxylic acids is 1. The van der Waals surface area contributed by atoms with E-state index in [1.54, 1.807) is 24.1 Å². The molecule has 0 amide bonds. The van der Waals surface area contributed by atoms with E-state index in [1.807, 2.05) is 0 Å². The van der Waals surface area contributed by atoms with Crippen LogP contribution in [0.25, 0.3) is 0 Å². The molecule has 0 saturated carbocycles. The van der Waals surface area contributed by atoms with Gasteiger partial charge in [-0.15, -0.1) is 0 Å². The van der Waals surface area contributed by atoms with E-state index < -0.39 is 9.84 Å². The summed E-state index contributed by atoms with van der Waals surface area (Å²) in [6, 6.07) is 3.17. The first-order valence-corrected chi connectivity index (χ1v) is 6.42. The summed E-state index contributed by atoms with van der Waals surface area (Å²) in [5.74, 6) is 0.776. The van der Waals surface area contributed by atoms with Crippen LogP contribution in [0.15, 0.2) is 16.5 Å². The summed E-state index contributed by atoms with van der Waals surface area (Å²) >= 11 is 0. The van der Waals surface area contributed by atoms with Crippen molar-refractivity contribution in [1.82, 2.24) is 0 Å². The molecule has 84 valence electrons. The summed E-state index contributed by atoms with van der Waals surface area (Å²) in [4.78, 5) is 12.0. The zero-order valence-corrected chi connectivity index (χ0v) is 9.45. The van der Waals surface area contributed by atoms with E-state index in [0.717, 1.165) is 0 Å². The maximum Gasteiger partial charge on any atom is 0.196 e. The van der Waals surface area contributed by atoms with Crippen molar-refractivity contribution in [2.75, 3.05) is 30.5 Å². The fourth-order valence-electron chi connectivity index (χ4n) is 1.02. The van der Waals surface area contributed by atoms with Crippen molar-refractivity contribution in [2.24, 2.45) is 0 Å². The molecule has 0 saturated heterocycles. The molecule has 0 aliphatic carbocycles. The first kappa shape index (κ1) is 11.8. The number of furan rings is 1. The van der Waals surface area contributed by atoms with E-state index in [-0.39, 0.29) is 11.5 Å². The number of aldehydes is 1. The molecule has 0 fully saturated rings. The van der Waals surface area contributed by atoms with Crippen LogP contribution < -0.4 is 4.90 Å². The van der Waals surface area contributed by atoms with Gasteiger partial charge in [-0.05, 0) is 6.07 Å². The van der Waals surface area contributed by atoms with Crippen molar-refractivity contribution in [3.63, 3.8) is 0 Å². The zero-order chi connectivity index (χ0) is 11.5. The highest BCUT2D eigenvalue weighted by molar-refractivity contribution is 7.90. The minimum absolute atomic E-state index is 0.0562. The maximum absolute atomic E-state index is 10.9. The predicted molar refractivity (Wildman–Crippen MR) is 57.1 cm³/mol. The molecule has 6 heteroatoms. The SMILES string of the molecule is CN(CCS(C)(=O)=O)c1ccc(C=O)o1. The van der Waals surface area contributed by atoms with Crippen LogP contribution in [0.4, 0.5) is 5.88 Å². The Hall–Kier alpha value is -1.30. The Morgan fingerprint density at radius 3 is 2.60 bits per heavy atom. The molecule has 0 aromatic carbocycles. The lowest BCUT2D eigenvalue weighted by molar-refractivity contribution is 0.110. The van der Waals surface area contributed by atoms with Crippen LogP contribution >= 0.6 is 0 Å². The van der Waals surface area contributed by atoms with Gasteiger partial charge in [-0.2, -0.15) is 0 Å². The third-order valence-electron chi connectivity index (χ3n) is 1.90. The number of anilines is 1. The number of carbonyl (C=O) groups is 1. The van der Waals surface area contributed by atoms with Gasteiger partial charge in [-0.1, -0.05) is 0 Å². The normalized spacial score (nSPS) is 11.3. The summed E-state index contributed by atoms with van der Waals surface area (Å²) in [5.41, 5.74) is 0. The Bertz CT molecular complexity index is 435. The molecule has 0 aliphatic rings. The van der Waals surface area contributed by atoms with Crippen LogP contribution in [-0.4, -0.2) is 40.3 Å². The lowest BCUT2D eigenvalue weighted by Crippen LogP contribution is -2.24. The van der Waals surface area contributed by atoms with Gasteiger partial charge in [0.15, 0.2) is 17.9 Å². The second kappa shape index (κ2) is 4.48. The third-order valence-corrected chi connectivity index (χ3v) is 2.83. The highest BCUT2D eigenvalue weighted by Crippen LogP contribution is 2.15. The quantitative estimate of drug-likeness (QED) is 0.693. The van der Waals surface area contributed by atoms with Crippen molar-refractivity contribution >= 4 is 22.0 Å². The van der Waals surface area contributed by atoms with E-state index in [2.05, 4.69) is 0 Å². The largest absolute Gasteiger partial charge is 0.438 e. The van der Waals surface area contributed by atoms with Gasteiger partial charge in [-0.25, -0.2) is 8.42 Å². The lowest BCUT2D eigenvalue weighted by Gasteiger charge is -2.14. The Kier molecular flexibility index (Phi) is 3.52. The van der Waals surface area contributed by atoms with Crippen molar-refractivity contribution < 1.29 is 17.6 Å². The van der Waals surface area contributed by atoms with Crippen LogP contribution in [0, 0.1) is 0 Å². The lowest BCUT2D eigenvalue weighted by atomic mass is 10.5. The van der Waals surface area contributed by atoms with E-state index in [1.165, 1.54) is 6.26 Å². The molecule has 0 spiro atoms. The molecule has 0 unspecified atom stereocenters. The molecule has 15 heavy (non-hydrogen) atoms. The van der Waals surface area contributed by atoms with Gasteiger partial charge in [0.1, 0.15) is 9.84 Å². The van der Waals surface area contributed by atoms with Crippen LogP contribution in [0.2, 0.25) is 0 Å². The maximum atomic E-state index is 10.9. The van der Waals surface area contributed by atoms with Gasteiger partial charge in [0.2, 0.25) is 0 Å². The monoisotopic (exact) mass is 231 g/mol. The summed E-state index contributed by atoms with van der Waals surface area (Å²) in [6.07, 6.45) is 1.79. The number of hydrogen-bond acceptors (Lipinski definition) is 5. The molecule has 1 heterocycles. The fraction of sp³-hybridized carbons (Fsp3) is 0.444. The third kappa shape index (κ3) is 3.75. The number of sulfone groups is 1. The zero-order valence-electron chi connectivity index (χ0n) is 8.63. The Morgan fingerprint density at radius 2 is 2.13 bits per heavy atom.